The van der Waals surface area contributed by atoms with Crippen molar-refractivity contribution in [3.05, 3.63) is 59.7 Å². The van der Waals surface area contributed by atoms with Crippen LogP contribution in [-0.2, 0) is 17.8 Å². The molecule has 5 nitrogen and oxygen atoms in total. The second kappa shape index (κ2) is 8.16. The van der Waals surface area contributed by atoms with Gasteiger partial charge in [-0.15, -0.1) is 0 Å². The Morgan fingerprint density at radius 1 is 1.32 bits per heavy atom. The van der Waals surface area contributed by atoms with Gasteiger partial charge in [0.2, 0.25) is 5.91 Å². The second-order valence-corrected chi connectivity index (χ2v) is 6.57. The van der Waals surface area contributed by atoms with Gasteiger partial charge in [-0.3, -0.25) is 9.69 Å². The third kappa shape index (κ3) is 4.82. The highest BCUT2D eigenvalue weighted by molar-refractivity contribution is 5.78. The molecule has 1 saturated heterocycles. The standard InChI is InChI=1S/C19H23FN4O/c1-14-4-2-3-5-16(14)6-19(25)23-10-18-7-17(20)12-24(18)11-15-8-21-13-22-9-15/h2-5,8-9,13,17-18H,6-7,10-12H2,1H3,(H,23,25)/t17-,18-/m0/s1. The first-order valence-corrected chi connectivity index (χ1v) is 8.55. The Balaban J connectivity index is 1.53. The lowest BCUT2D eigenvalue weighted by molar-refractivity contribution is -0.120. The smallest absolute Gasteiger partial charge is 0.224 e. The van der Waals surface area contributed by atoms with Crippen molar-refractivity contribution in [1.82, 2.24) is 20.2 Å². The zero-order chi connectivity index (χ0) is 17.6. The summed E-state index contributed by atoms with van der Waals surface area (Å²) in [5, 5.41) is 2.96. The molecular weight excluding hydrogens is 319 g/mol. The van der Waals surface area contributed by atoms with Crippen molar-refractivity contribution in [3.8, 4) is 0 Å². The predicted octanol–water partition coefficient (Wildman–Crippen LogP) is 2.06. The number of hydrogen-bond donors (Lipinski definition) is 1. The fraction of sp³-hybridized carbons (Fsp3) is 0.421. The van der Waals surface area contributed by atoms with E-state index in [0.29, 0.717) is 32.5 Å². The summed E-state index contributed by atoms with van der Waals surface area (Å²) in [7, 11) is 0. The molecule has 1 amide bonds. The van der Waals surface area contributed by atoms with E-state index in [2.05, 4.69) is 20.2 Å². The van der Waals surface area contributed by atoms with E-state index in [1.165, 1.54) is 6.33 Å². The zero-order valence-corrected chi connectivity index (χ0v) is 14.4. The van der Waals surface area contributed by atoms with E-state index in [1.807, 2.05) is 31.2 Å². The first-order valence-electron chi connectivity index (χ1n) is 8.55. The maximum absolute atomic E-state index is 13.9. The molecule has 1 aliphatic heterocycles. The average molecular weight is 342 g/mol. The summed E-state index contributed by atoms with van der Waals surface area (Å²) in [4.78, 5) is 22.3. The van der Waals surface area contributed by atoms with Gasteiger partial charge >= 0.3 is 0 Å². The lowest BCUT2D eigenvalue weighted by Crippen LogP contribution is -2.40. The number of amides is 1. The van der Waals surface area contributed by atoms with E-state index in [1.54, 1.807) is 12.4 Å². The summed E-state index contributed by atoms with van der Waals surface area (Å²) in [6, 6.07) is 7.85. The number of halogens is 1. The minimum atomic E-state index is -0.858. The molecule has 6 heteroatoms. The van der Waals surface area contributed by atoms with E-state index in [9.17, 15) is 9.18 Å². The van der Waals surface area contributed by atoms with Crippen LogP contribution in [0.3, 0.4) is 0 Å². The highest BCUT2D eigenvalue weighted by atomic mass is 19.1. The van der Waals surface area contributed by atoms with Gasteiger partial charge < -0.3 is 5.32 Å². The highest BCUT2D eigenvalue weighted by Crippen LogP contribution is 2.22. The Hall–Kier alpha value is -2.34. The van der Waals surface area contributed by atoms with Crippen LogP contribution in [0, 0.1) is 6.92 Å². The fourth-order valence-corrected chi connectivity index (χ4v) is 3.25. The van der Waals surface area contributed by atoms with Crippen LogP contribution in [0.5, 0.6) is 0 Å². The van der Waals surface area contributed by atoms with Gasteiger partial charge in [-0.2, -0.15) is 0 Å². The Morgan fingerprint density at radius 2 is 2.08 bits per heavy atom. The molecule has 132 valence electrons. The maximum Gasteiger partial charge on any atom is 0.224 e. The van der Waals surface area contributed by atoms with Crippen LogP contribution in [0.1, 0.15) is 23.1 Å². The molecule has 0 unspecified atom stereocenters. The molecule has 1 aromatic carbocycles. The van der Waals surface area contributed by atoms with Gasteiger partial charge in [-0.1, -0.05) is 24.3 Å². The van der Waals surface area contributed by atoms with Crippen molar-refractivity contribution < 1.29 is 9.18 Å². The van der Waals surface area contributed by atoms with Crippen molar-refractivity contribution in [2.24, 2.45) is 0 Å². The largest absolute Gasteiger partial charge is 0.354 e. The number of nitrogens with zero attached hydrogens (tertiary/aromatic N) is 3. The number of aryl methyl sites for hydroxylation is 1. The molecule has 2 heterocycles. The number of aromatic nitrogens is 2. The number of benzene rings is 1. The van der Waals surface area contributed by atoms with Gasteiger partial charge in [0.1, 0.15) is 12.5 Å². The number of likely N-dealkylation sites (tertiary alicyclic amines) is 1. The fourth-order valence-electron chi connectivity index (χ4n) is 3.25. The SMILES string of the molecule is Cc1ccccc1CC(=O)NC[C@@H]1C[C@H](F)CN1Cc1cncnc1. The van der Waals surface area contributed by atoms with Crippen molar-refractivity contribution in [1.29, 1.82) is 0 Å². The molecule has 3 rings (SSSR count). The molecule has 0 radical (unpaired) electrons. The van der Waals surface area contributed by atoms with Crippen LogP contribution in [0.25, 0.3) is 0 Å². The van der Waals surface area contributed by atoms with Crippen LogP contribution in [0.4, 0.5) is 4.39 Å². The van der Waals surface area contributed by atoms with Gasteiger partial charge in [0.05, 0.1) is 6.42 Å². The van der Waals surface area contributed by atoms with E-state index < -0.39 is 6.17 Å². The Bertz CT molecular complexity index is 710. The molecule has 0 bridgehead atoms. The van der Waals surface area contributed by atoms with Crippen LogP contribution in [0.2, 0.25) is 0 Å². The van der Waals surface area contributed by atoms with E-state index in [0.717, 1.165) is 16.7 Å². The summed E-state index contributed by atoms with van der Waals surface area (Å²) >= 11 is 0. The molecule has 1 aliphatic rings. The minimum Gasteiger partial charge on any atom is -0.354 e. The molecule has 1 N–H and O–H groups in total. The number of alkyl halides is 1. The Labute approximate surface area is 147 Å². The van der Waals surface area contributed by atoms with Crippen LogP contribution in [-0.4, -0.2) is 46.1 Å². The number of nitrogens with one attached hydrogen (secondary N) is 1. The molecule has 0 aliphatic carbocycles. The summed E-state index contributed by atoms with van der Waals surface area (Å²) < 4.78 is 13.9. The van der Waals surface area contributed by atoms with Gasteiger partial charge in [0.15, 0.2) is 0 Å². The quantitative estimate of drug-likeness (QED) is 0.873. The topological polar surface area (TPSA) is 58.1 Å². The molecule has 1 fully saturated rings. The normalized spacial score (nSPS) is 20.6. The lowest BCUT2D eigenvalue weighted by atomic mass is 10.1. The first kappa shape index (κ1) is 17.5. The summed E-state index contributed by atoms with van der Waals surface area (Å²) in [5.74, 6) is -0.0281. The predicted molar refractivity (Wildman–Crippen MR) is 93.6 cm³/mol. The van der Waals surface area contributed by atoms with Gasteiger partial charge in [0.25, 0.3) is 0 Å². The third-order valence-corrected chi connectivity index (χ3v) is 4.62. The molecule has 2 aromatic rings. The molecule has 0 spiro atoms. The van der Waals surface area contributed by atoms with Crippen molar-refractivity contribution in [3.63, 3.8) is 0 Å². The lowest BCUT2D eigenvalue weighted by Gasteiger charge is -2.24. The van der Waals surface area contributed by atoms with Crippen molar-refractivity contribution in [2.75, 3.05) is 13.1 Å². The van der Waals surface area contributed by atoms with Gasteiger partial charge in [-0.05, 0) is 24.5 Å². The van der Waals surface area contributed by atoms with Crippen molar-refractivity contribution >= 4 is 5.91 Å². The molecular formula is C19H23FN4O. The number of rotatable bonds is 6. The monoisotopic (exact) mass is 342 g/mol. The van der Waals surface area contributed by atoms with Crippen LogP contribution in [0.15, 0.2) is 43.0 Å². The third-order valence-electron chi connectivity index (χ3n) is 4.62. The summed E-state index contributed by atoms with van der Waals surface area (Å²) in [6.07, 6.45) is 4.90. The molecule has 0 saturated carbocycles. The summed E-state index contributed by atoms with van der Waals surface area (Å²) in [6.45, 7) is 3.43. The van der Waals surface area contributed by atoms with E-state index in [4.69, 9.17) is 0 Å². The number of carbonyl (C=O) groups excluding carboxylic acids is 1. The maximum atomic E-state index is 13.9. The highest BCUT2D eigenvalue weighted by Gasteiger charge is 2.32. The van der Waals surface area contributed by atoms with Gasteiger partial charge in [0, 0.05) is 43.6 Å². The molecule has 25 heavy (non-hydrogen) atoms. The average Bonchev–Trinajstić information content (AvgIpc) is 2.95. The van der Waals surface area contributed by atoms with Crippen LogP contribution < -0.4 is 5.32 Å². The zero-order valence-electron chi connectivity index (χ0n) is 14.4. The molecule has 1 aromatic heterocycles. The van der Waals surface area contributed by atoms with Crippen LogP contribution >= 0.6 is 0 Å². The molecule has 2 atom stereocenters. The first-order chi connectivity index (χ1) is 12.1. The Morgan fingerprint density at radius 3 is 2.84 bits per heavy atom. The summed E-state index contributed by atoms with van der Waals surface area (Å²) in [5.41, 5.74) is 3.08. The van der Waals surface area contributed by atoms with Gasteiger partial charge in [-0.25, -0.2) is 14.4 Å². The van der Waals surface area contributed by atoms with E-state index >= 15 is 0 Å². The second-order valence-electron chi connectivity index (χ2n) is 6.57. The number of carbonyl (C=O) groups is 1. The number of hydrogen-bond acceptors (Lipinski definition) is 4. The minimum absolute atomic E-state index is 0.00368. The van der Waals surface area contributed by atoms with Crippen molar-refractivity contribution in [2.45, 2.75) is 38.5 Å². The van der Waals surface area contributed by atoms with E-state index in [-0.39, 0.29) is 11.9 Å². The Kier molecular flexibility index (Phi) is 5.71.